The Balaban J connectivity index is 1.79. The molecule has 30 heavy (non-hydrogen) atoms. The van der Waals surface area contributed by atoms with Crippen LogP contribution in [0.5, 0.6) is 0 Å². The van der Waals surface area contributed by atoms with Crippen molar-refractivity contribution in [2.24, 2.45) is 0 Å². The van der Waals surface area contributed by atoms with Crippen LogP contribution in [0.4, 0.5) is 17.5 Å². The first-order chi connectivity index (χ1) is 14.5. The van der Waals surface area contributed by atoms with Crippen molar-refractivity contribution in [2.75, 3.05) is 24.8 Å². The minimum atomic E-state index is -0.394. The summed E-state index contributed by atoms with van der Waals surface area (Å²) in [4.78, 5) is 31.3. The number of nitrogen functional groups attached to an aromatic ring is 1. The molecule has 2 aromatic heterocycles. The van der Waals surface area contributed by atoms with Gasteiger partial charge in [0.1, 0.15) is 0 Å². The maximum absolute atomic E-state index is 11.7. The number of fused-ring (bicyclic) bond motifs is 1. The molecular formula is C22H20N6O2. The third kappa shape index (κ3) is 3.62. The lowest BCUT2D eigenvalue weighted by Gasteiger charge is -2.20. The number of nitrogens with two attached hydrogens (primary N) is 1. The highest BCUT2D eigenvalue weighted by molar-refractivity contribution is 5.91. The number of methoxy groups -OCH3 is 1. The molecule has 4 rings (SSSR count). The van der Waals surface area contributed by atoms with Crippen LogP contribution in [-0.4, -0.2) is 40.1 Å². The van der Waals surface area contributed by atoms with Gasteiger partial charge in [-0.25, -0.2) is 14.8 Å². The number of rotatable bonds is 4. The van der Waals surface area contributed by atoms with Crippen molar-refractivity contribution >= 4 is 34.6 Å². The summed E-state index contributed by atoms with van der Waals surface area (Å²) in [5.41, 5.74) is 10.9. The highest BCUT2D eigenvalue weighted by Gasteiger charge is 2.16. The molecule has 0 saturated heterocycles. The van der Waals surface area contributed by atoms with Gasteiger partial charge in [0, 0.05) is 18.3 Å². The second kappa shape index (κ2) is 7.75. The Morgan fingerprint density at radius 1 is 1.00 bits per heavy atom. The Hall–Kier alpha value is -4.07. The number of carbonyl (C=O) groups excluding carboxylic acids is 1. The van der Waals surface area contributed by atoms with Crippen LogP contribution in [0.15, 0.2) is 54.7 Å². The quantitative estimate of drug-likeness (QED) is 0.519. The van der Waals surface area contributed by atoms with Crippen LogP contribution >= 0.6 is 0 Å². The average Bonchev–Trinajstić information content (AvgIpc) is 2.78. The number of ether oxygens (including phenoxy) is 1. The molecule has 0 unspecified atom stereocenters. The van der Waals surface area contributed by atoms with Gasteiger partial charge in [-0.05, 0) is 31.2 Å². The van der Waals surface area contributed by atoms with E-state index in [1.54, 1.807) is 30.5 Å². The molecule has 8 heteroatoms. The molecule has 0 aliphatic carbocycles. The molecular weight excluding hydrogens is 380 g/mol. The van der Waals surface area contributed by atoms with Crippen LogP contribution in [0.3, 0.4) is 0 Å². The van der Waals surface area contributed by atoms with Crippen molar-refractivity contribution in [1.82, 2.24) is 19.9 Å². The fraction of sp³-hybridized carbons (Fsp3) is 0.136. The third-order valence-electron chi connectivity index (χ3n) is 4.75. The zero-order valence-corrected chi connectivity index (χ0v) is 16.8. The third-order valence-corrected chi connectivity index (χ3v) is 4.75. The van der Waals surface area contributed by atoms with E-state index < -0.39 is 5.97 Å². The van der Waals surface area contributed by atoms with Crippen molar-refractivity contribution in [3.8, 4) is 11.3 Å². The molecule has 2 N–H and O–H groups in total. The topological polar surface area (TPSA) is 107 Å². The van der Waals surface area contributed by atoms with E-state index in [4.69, 9.17) is 15.5 Å². The standard InChI is InChI=1S/C22H20N6O2/c1-13-4-6-14(7-5-13)17-12-24-19-18(25-17)20(27-22(23)26-19)28(2)16-10-8-15(9-11-16)21(29)30-3/h4-12H,1-3H3,(H2,23,24,26,27). The largest absolute Gasteiger partial charge is 0.465 e. The summed E-state index contributed by atoms with van der Waals surface area (Å²) in [5.74, 6) is 0.229. The average molecular weight is 400 g/mol. The Labute approximate surface area is 173 Å². The zero-order chi connectivity index (χ0) is 21.3. The van der Waals surface area contributed by atoms with Crippen molar-refractivity contribution in [3.05, 3.63) is 65.9 Å². The van der Waals surface area contributed by atoms with Crippen LogP contribution in [-0.2, 0) is 4.74 Å². The predicted octanol–water partition coefficient (Wildman–Crippen LogP) is 3.53. The molecule has 0 spiro atoms. The Kier molecular flexibility index (Phi) is 4.97. The molecule has 2 aromatic carbocycles. The van der Waals surface area contributed by atoms with E-state index >= 15 is 0 Å². The second-order valence-electron chi connectivity index (χ2n) is 6.80. The van der Waals surface area contributed by atoms with Crippen molar-refractivity contribution in [3.63, 3.8) is 0 Å². The summed E-state index contributed by atoms with van der Waals surface area (Å²) >= 11 is 0. The predicted molar refractivity (Wildman–Crippen MR) is 116 cm³/mol. The number of nitrogens with zero attached hydrogens (tertiary/aromatic N) is 5. The van der Waals surface area contributed by atoms with Gasteiger partial charge in [0.15, 0.2) is 17.0 Å². The van der Waals surface area contributed by atoms with E-state index in [0.717, 1.165) is 11.3 Å². The van der Waals surface area contributed by atoms with Gasteiger partial charge in [-0.1, -0.05) is 29.8 Å². The molecule has 0 fully saturated rings. The highest BCUT2D eigenvalue weighted by atomic mass is 16.5. The summed E-state index contributed by atoms with van der Waals surface area (Å²) in [6, 6.07) is 15.0. The fourth-order valence-electron chi connectivity index (χ4n) is 3.07. The maximum atomic E-state index is 11.7. The van der Waals surface area contributed by atoms with Crippen LogP contribution in [0.25, 0.3) is 22.4 Å². The summed E-state index contributed by atoms with van der Waals surface area (Å²) in [6.45, 7) is 2.03. The molecule has 0 saturated carbocycles. The molecule has 0 radical (unpaired) electrons. The Bertz CT molecular complexity index is 1220. The number of hydrogen-bond acceptors (Lipinski definition) is 8. The van der Waals surface area contributed by atoms with Gasteiger partial charge >= 0.3 is 5.97 Å². The minimum absolute atomic E-state index is 0.105. The molecule has 0 aliphatic rings. The molecule has 0 aliphatic heterocycles. The Morgan fingerprint density at radius 2 is 1.70 bits per heavy atom. The molecule has 8 nitrogen and oxygen atoms in total. The summed E-state index contributed by atoms with van der Waals surface area (Å²) in [6.07, 6.45) is 1.67. The fourth-order valence-corrected chi connectivity index (χ4v) is 3.07. The zero-order valence-electron chi connectivity index (χ0n) is 16.8. The monoisotopic (exact) mass is 400 g/mol. The van der Waals surface area contributed by atoms with E-state index in [2.05, 4.69) is 15.0 Å². The van der Waals surface area contributed by atoms with Gasteiger partial charge in [0.05, 0.1) is 24.6 Å². The van der Waals surface area contributed by atoms with Crippen molar-refractivity contribution < 1.29 is 9.53 Å². The molecule has 0 amide bonds. The van der Waals surface area contributed by atoms with Crippen LogP contribution in [0.1, 0.15) is 15.9 Å². The summed E-state index contributed by atoms with van der Waals surface area (Å²) in [7, 11) is 3.19. The van der Waals surface area contributed by atoms with Gasteiger partial charge in [0.2, 0.25) is 5.95 Å². The van der Waals surface area contributed by atoms with Gasteiger partial charge in [-0.15, -0.1) is 0 Å². The SMILES string of the molecule is COC(=O)c1ccc(N(C)c2nc(N)nc3ncc(-c4ccc(C)cc4)nc23)cc1. The van der Waals surface area contributed by atoms with Gasteiger partial charge in [-0.2, -0.15) is 9.97 Å². The highest BCUT2D eigenvalue weighted by Crippen LogP contribution is 2.29. The van der Waals surface area contributed by atoms with Gasteiger partial charge in [0.25, 0.3) is 0 Å². The van der Waals surface area contributed by atoms with Crippen LogP contribution in [0, 0.1) is 6.92 Å². The first-order valence-electron chi connectivity index (χ1n) is 9.25. The normalized spacial score (nSPS) is 10.8. The Morgan fingerprint density at radius 3 is 2.37 bits per heavy atom. The van der Waals surface area contributed by atoms with E-state index in [-0.39, 0.29) is 5.95 Å². The van der Waals surface area contributed by atoms with Crippen molar-refractivity contribution in [1.29, 1.82) is 0 Å². The van der Waals surface area contributed by atoms with E-state index in [1.165, 1.54) is 12.7 Å². The van der Waals surface area contributed by atoms with Crippen molar-refractivity contribution in [2.45, 2.75) is 6.92 Å². The molecule has 2 heterocycles. The summed E-state index contributed by atoms with van der Waals surface area (Å²) in [5, 5.41) is 0. The van der Waals surface area contributed by atoms with Gasteiger partial charge < -0.3 is 15.4 Å². The molecule has 150 valence electrons. The maximum Gasteiger partial charge on any atom is 0.337 e. The molecule has 0 bridgehead atoms. The second-order valence-corrected chi connectivity index (χ2v) is 6.80. The van der Waals surface area contributed by atoms with E-state index in [1.807, 2.05) is 43.1 Å². The first-order valence-corrected chi connectivity index (χ1v) is 9.25. The van der Waals surface area contributed by atoms with Gasteiger partial charge in [-0.3, -0.25) is 0 Å². The number of benzene rings is 2. The minimum Gasteiger partial charge on any atom is -0.465 e. The van der Waals surface area contributed by atoms with Crippen LogP contribution in [0.2, 0.25) is 0 Å². The first kappa shape index (κ1) is 19.3. The number of esters is 1. The number of carbonyl (C=O) groups is 1. The van der Waals surface area contributed by atoms with Crippen LogP contribution < -0.4 is 10.6 Å². The number of hydrogen-bond donors (Lipinski definition) is 1. The lowest BCUT2D eigenvalue weighted by atomic mass is 10.1. The lowest BCUT2D eigenvalue weighted by molar-refractivity contribution is 0.0601. The number of anilines is 3. The number of aryl methyl sites for hydroxylation is 1. The lowest BCUT2D eigenvalue weighted by Crippen LogP contribution is -2.15. The van der Waals surface area contributed by atoms with E-state index in [0.29, 0.717) is 28.2 Å². The molecule has 0 atom stereocenters. The molecule has 4 aromatic rings. The van der Waals surface area contributed by atoms with E-state index in [9.17, 15) is 4.79 Å². The number of aromatic nitrogens is 4. The summed E-state index contributed by atoms with van der Waals surface area (Å²) < 4.78 is 4.75. The smallest absolute Gasteiger partial charge is 0.337 e.